The van der Waals surface area contributed by atoms with Gasteiger partial charge in [0.1, 0.15) is 23.0 Å². The van der Waals surface area contributed by atoms with E-state index in [1.54, 1.807) is 7.11 Å². The molecule has 1 aromatic heterocycles. The highest BCUT2D eigenvalue weighted by Crippen LogP contribution is 2.42. The third kappa shape index (κ3) is 4.62. The molecule has 0 radical (unpaired) electrons. The van der Waals surface area contributed by atoms with Crippen LogP contribution in [0.3, 0.4) is 0 Å². The number of phenolic OH excluding ortho intramolecular Hbond substituents is 1. The predicted octanol–water partition coefficient (Wildman–Crippen LogP) is 3.96. The fourth-order valence-electron chi connectivity index (χ4n) is 6.20. The molecule has 3 N–H and O–H groups in total. The lowest BCUT2D eigenvalue weighted by Crippen LogP contribution is -2.62. The zero-order valence-corrected chi connectivity index (χ0v) is 22.2. The Kier molecular flexibility index (Phi) is 6.11. The van der Waals surface area contributed by atoms with Gasteiger partial charge in [-0.3, -0.25) is 0 Å². The van der Waals surface area contributed by atoms with Crippen molar-refractivity contribution in [2.45, 2.75) is 63.7 Å². The van der Waals surface area contributed by atoms with Gasteiger partial charge >= 0.3 is 0 Å². The number of piperidine rings is 1. The van der Waals surface area contributed by atoms with E-state index in [0.717, 1.165) is 43.1 Å². The van der Waals surface area contributed by atoms with E-state index in [-0.39, 0.29) is 22.9 Å². The highest BCUT2D eigenvalue weighted by Gasteiger charge is 2.39. The quantitative estimate of drug-likeness (QED) is 0.581. The smallest absolute Gasteiger partial charge is 0.151 e. The van der Waals surface area contributed by atoms with E-state index < -0.39 is 0 Å². The summed E-state index contributed by atoms with van der Waals surface area (Å²) in [5.41, 5.74) is 2.24. The minimum atomic E-state index is 0.0465. The molecule has 8 nitrogen and oxygen atoms in total. The van der Waals surface area contributed by atoms with Crippen LogP contribution in [-0.2, 0) is 0 Å². The van der Waals surface area contributed by atoms with Gasteiger partial charge in [-0.05, 0) is 76.4 Å². The van der Waals surface area contributed by atoms with Gasteiger partial charge in [-0.2, -0.15) is 0 Å². The number of nitrogens with one attached hydrogen (secondary N) is 2. The molecule has 0 saturated carbocycles. The topological polar surface area (TPSA) is 85.8 Å². The van der Waals surface area contributed by atoms with Gasteiger partial charge in [0.05, 0.1) is 18.7 Å². The summed E-state index contributed by atoms with van der Waals surface area (Å²) in [5.74, 6) is 2.66. The molecule has 0 amide bonds. The van der Waals surface area contributed by atoms with Crippen molar-refractivity contribution in [3.05, 3.63) is 53.9 Å². The van der Waals surface area contributed by atoms with Gasteiger partial charge in [0, 0.05) is 37.3 Å². The summed E-state index contributed by atoms with van der Waals surface area (Å²) in [7, 11) is 3.72. The van der Waals surface area contributed by atoms with Crippen LogP contribution >= 0.6 is 0 Å². The van der Waals surface area contributed by atoms with Gasteiger partial charge in [0.25, 0.3) is 0 Å². The second kappa shape index (κ2) is 9.00. The number of aromatic hydroxyl groups is 1. The number of hydrogen-bond donors (Lipinski definition) is 3. The molecule has 4 heterocycles. The van der Waals surface area contributed by atoms with Gasteiger partial charge < -0.3 is 30.3 Å². The lowest BCUT2D eigenvalue weighted by Gasteiger charge is -2.49. The summed E-state index contributed by atoms with van der Waals surface area (Å²) >= 11 is 0. The van der Waals surface area contributed by atoms with Gasteiger partial charge in [0.15, 0.2) is 5.82 Å². The zero-order chi connectivity index (χ0) is 25.7. The molecular weight excluding hydrogens is 452 g/mol. The van der Waals surface area contributed by atoms with Crippen LogP contribution in [0.4, 0.5) is 5.82 Å². The number of allylic oxidation sites excluding steroid dienone is 2. The number of benzene rings is 1. The Morgan fingerprint density at radius 1 is 1.11 bits per heavy atom. The van der Waals surface area contributed by atoms with Crippen molar-refractivity contribution < 1.29 is 9.84 Å². The summed E-state index contributed by atoms with van der Waals surface area (Å²) in [5, 5.41) is 27.3. The van der Waals surface area contributed by atoms with E-state index in [1.165, 1.54) is 0 Å². The average Bonchev–Trinajstić information content (AvgIpc) is 3.25. The third-order valence-corrected chi connectivity index (χ3v) is 7.55. The molecule has 3 aliphatic rings. The first kappa shape index (κ1) is 24.4. The fourth-order valence-corrected chi connectivity index (χ4v) is 6.20. The van der Waals surface area contributed by atoms with Crippen molar-refractivity contribution >= 4 is 5.82 Å². The predicted molar refractivity (Wildman–Crippen MR) is 143 cm³/mol. The summed E-state index contributed by atoms with van der Waals surface area (Å²) in [6.07, 6.45) is 8.32. The Labute approximate surface area is 214 Å². The third-order valence-electron chi connectivity index (χ3n) is 7.55. The largest absolute Gasteiger partial charge is 0.507 e. The van der Waals surface area contributed by atoms with Crippen molar-refractivity contribution in [3.63, 3.8) is 0 Å². The first-order valence-corrected chi connectivity index (χ1v) is 12.7. The number of phenols is 1. The SMILES string of the molecule is COc1cc(C2CNC3=CC=CCN32)cc(O)c1-c1ccc(N(C)C2CC(C)(C)NC(C)(C)C2)nn1. The van der Waals surface area contributed by atoms with Gasteiger partial charge in [0.2, 0.25) is 0 Å². The number of fused-ring (bicyclic) bond motifs is 1. The van der Waals surface area contributed by atoms with Crippen LogP contribution in [0.15, 0.2) is 48.3 Å². The number of anilines is 1. The molecule has 2 aromatic rings. The number of ether oxygens (including phenoxy) is 1. The standard InChI is InChI=1S/C28H38N6O2/c1-27(2)15-19(16-28(3,4)32-27)33(5)25-11-10-20(30-31-25)26-22(35)13-18(14-23(26)36-6)21-17-29-24-9-7-8-12-34(21)24/h7-11,13-14,19,21,29,32,35H,12,15-17H2,1-6H3. The van der Waals surface area contributed by atoms with Gasteiger partial charge in [-0.1, -0.05) is 12.2 Å². The summed E-state index contributed by atoms with van der Waals surface area (Å²) < 4.78 is 5.72. The highest BCUT2D eigenvalue weighted by atomic mass is 16.5. The first-order chi connectivity index (χ1) is 17.1. The fraction of sp³-hybridized carbons (Fsp3) is 0.500. The average molecular weight is 491 g/mol. The van der Waals surface area contributed by atoms with Crippen LogP contribution in [0.25, 0.3) is 11.3 Å². The molecule has 1 aromatic carbocycles. The minimum Gasteiger partial charge on any atom is -0.507 e. The zero-order valence-electron chi connectivity index (χ0n) is 22.2. The molecule has 1 unspecified atom stereocenters. The van der Waals surface area contributed by atoms with E-state index in [4.69, 9.17) is 4.74 Å². The Morgan fingerprint density at radius 2 is 1.86 bits per heavy atom. The minimum absolute atomic E-state index is 0.0465. The molecule has 0 bridgehead atoms. The summed E-state index contributed by atoms with van der Waals surface area (Å²) in [6.45, 7) is 10.6. The molecule has 5 rings (SSSR count). The van der Waals surface area contributed by atoms with Crippen molar-refractivity contribution in [1.29, 1.82) is 0 Å². The van der Waals surface area contributed by atoms with E-state index in [9.17, 15) is 5.11 Å². The number of nitrogens with zero attached hydrogens (tertiary/aromatic N) is 4. The number of hydrogen-bond acceptors (Lipinski definition) is 8. The van der Waals surface area contributed by atoms with Crippen molar-refractivity contribution in [2.24, 2.45) is 0 Å². The van der Waals surface area contributed by atoms with Crippen LogP contribution in [-0.4, -0.2) is 64.6 Å². The molecule has 0 aliphatic carbocycles. The van der Waals surface area contributed by atoms with Crippen molar-refractivity contribution in [3.8, 4) is 22.8 Å². The van der Waals surface area contributed by atoms with Gasteiger partial charge in [-0.15, -0.1) is 10.2 Å². The van der Waals surface area contributed by atoms with Crippen LogP contribution < -0.4 is 20.3 Å². The van der Waals surface area contributed by atoms with Crippen molar-refractivity contribution in [2.75, 3.05) is 32.1 Å². The molecule has 8 heteroatoms. The summed E-state index contributed by atoms with van der Waals surface area (Å²) in [4.78, 5) is 4.52. The van der Waals surface area contributed by atoms with E-state index in [0.29, 0.717) is 23.0 Å². The number of methoxy groups -OCH3 is 1. The maximum absolute atomic E-state index is 11.1. The van der Waals surface area contributed by atoms with Crippen LogP contribution in [0.1, 0.15) is 52.1 Å². The van der Waals surface area contributed by atoms with E-state index >= 15 is 0 Å². The highest BCUT2D eigenvalue weighted by molar-refractivity contribution is 5.75. The lowest BCUT2D eigenvalue weighted by molar-refractivity contribution is 0.160. The monoisotopic (exact) mass is 490 g/mol. The first-order valence-electron chi connectivity index (χ1n) is 12.7. The molecule has 192 valence electrons. The maximum Gasteiger partial charge on any atom is 0.151 e. The van der Waals surface area contributed by atoms with E-state index in [1.807, 2.05) is 24.3 Å². The molecule has 2 saturated heterocycles. The van der Waals surface area contributed by atoms with E-state index in [2.05, 4.69) is 83.6 Å². The second-order valence-electron chi connectivity index (χ2n) is 11.5. The van der Waals surface area contributed by atoms with Crippen molar-refractivity contribution in [1.82, 2.24) is 25.7 Å². The summed E-state index contributed by atoms with van der Waals surface area (Å²) in [6, 6.07) is 8.20. The Bertz CT molecular complexity index is 1170. The molecular formula is C28H38N6O2. The maximum atomic E-state index is 11.1. The lowest BCUT2D eigenvalue weighted by atomic mass is 9.79. The normalized spacial score (nSPS) is 22.6. The van der Waals surface area contributed by atoms with Crippen LogP contribution in [0.2, 0.25) is 0 Å². The molecule has 1 atom stereocenters. The molecule has 36 heavy (non-hydrogen) atoms. The Hall–Kier alpha value is -3.26. The number of aromatic nitrogens is 2. The second-order valence-corrected chi connectivity index (χ2v) is 11.5. The molecule has 3 aliphatic heterocycles. The molecule has 0 spiro atoms. The van der Waals surface area contributed by atoms with Crippen LogP contribution in [0, 0.1) is 0 Å². The Morgan fingerprint density at radius 3 is 2.53 bits per heavy atom. The van der Waals surface area contributed by atoms with Crippen LogP contribution in [0.5, 0.6) is 11.5 Å². The van der Waals surface area contributed by atoms with Gasteiger partial charge in [-0.25, -0.2) is 0 Å². The number of rotatable bonds is 5. The molecule has 2 fully saturated rings. The Balaban J connectivity index is 1.39.